The molecule has 2 aromatic rings. The summed E-state index contributed by atoms with van der Waals surface area (Å²) in [5.41, 5.74) is 3.17. The lowest BCUT2D eigenvalue weighted by Gasteiger charge is -2.08. The zero-order valence-electron chi connectivity index (χ0n) is 10.2. The third kappa shape index (κ3) is 3.03. The van der Waals surface area contributed by atoms with Crippen LogP contribution in [0.3, 0.4) is 0 Å². The number of benzene rings is 1. The van der Waals surface area contributed by atoms with Gasteiger partial charge in [0.1, 0.15) is 17.6 Å². The van der Waals surface area contributed by atoms with Gasteiger partial charge in [0.05, 0.1) is 11.3 Å². The van der Waals surface area contributed by atoms with Gasteiger partial charge in [0.2, 0.25) is 0 Å². The quantitative estimate of drug-likeness (QED) is 0.593. The van der Waals surface area contributed by atoms with E-state index in [1.807, 2.05) is 6.07 Å². The van der Waals surface area contributed by atoms with Gasteiger partial charge in [-0.25, -0.2) is 10.8 Å². The minimum atomic E-state index is -0.458. The maximum Gasteiger partial charge on any atom is 0.274 e. The van der Waals surface area contributed by atoms with E-state index >= 15 is 0 Å². The van der Waals surface area contributed by atoms with E-state index in [1.165, 1.54) is 18.2 Å². The molecule has 20 heavy (non-hydrogen) atoms. The fourth-order valence-corrected chi connectivity index (χ4v) is 1.72. The lowest BCUT2D eigenvalue weighted by atomic mass is 10.2. The highest BCUT2D eigenvalue weighted by atomic mass is 35.5. The Kier molecular flexibility index (Phi) is 4.15. The third-order valence-corrected chi connectivity index (χ3v) is 2.71. The molecule has 0 radical (unpaired) electrons. The summed E-state index contributed by atoms with van der Waals surface area (Å²) in [6.45, 7) is 0. The van der Waals surface area contributed by atoms with E-state index in [2.05, 4.69) is 15.7 Å². The molecule has 0 saturated heterocycles. The summed E-state index contributed by atoms with van der Waals surface area (Å²) in [4.78, 5) is 16.1. The first-order chi connectivity index (χ1) is 9.63. The van der Waals surface area contributed by atoms with Crippen molar-refractivity contribution in [1.82, 2.24) is 4.98 Å². The maximum absolute atomic E-state index is 12.1. The molecule has 0 unspecified atom stereocenters. The van der Waals surface area contributed by atoms with E-state index in [0.717, 1.165) is 0 Å². The molecule has 2 rings (SSSR count). The van der Waals surface area contributed by atoms with E-state index in [-0.39, 0.29) is 5.69 Å². The fourth-order valence-electron chi connectivity index (χ4n) is 1.55. The molecule has 0 fully saturated rings. The van der Waals surface area contributed by atoms with Crippen LogP contribution >= 0.6 is 11.6 Å². The summed E-state index contributed by atoms with van der Waals surface area (Å²) >= 11 is 5.85. The van der Waals surface area contributed by atoms with Crippen LogP contribution in [0.15, 0.2) is 36.4 Å². The van der Waals surface area contributed by atoms with Crippen LogP contribution in [-0.4, -0.2) is 10.9 Å². The van der Waals surface area contributed by atoms with Crippen molar-refractivity contribution in [3.63, 3.8) is 0 Å². The van der Waals surface area contributed by atoms with Crippen LogP contribution in [0.2, 0.25) is 5.02 Å². The van der Waals surface area contributed by atoms with Crippen molar-refractivity contribution in [3.8, 4) is 6.07 Å². The molecule has 6 nitrogen and oxygen atoms in total. The number of nitrogens with two attached hydrogens (primary N) is 1. The maximum atomic E-state index is 12.1. The Balaban J connectivity index is 2.28. The lowest BCUT2D eigenvalue weighted by Crippen LogP contribution is -2.16. The zero-order chi connectivity index (χ0) is 14.5. The first-order valence-corrected chi connectivity index (χ1v) is 5.96. The zero-order valence-corrected chi connectivity index (χ0v) is 11.0. The fraction of sp³-hybridized carbons (Fsp3) is 0. The molecule has 0 bridgehead atoms. The molecule has 4 N–H and O–H groups in total. The first kappa shape index (κ1) is 13.8. The van der Waals surface area contributed by atoms with E-state index in [9.17, 15) is 4.79 Å². The van der Waals surface area contributed by atoms with Gasteiger partial charge in [0.25, 0.3) is 5.91 Å². The number of carbonyl (C=O) groups is 1. The van der Waals surface area contributed by atoms with Gasteiger partial charge in [-0.3, -0.25) is 4.79 Å². The Hall–Kier alpha value is -2.62. The molecule has 0 saturated carbocycles. The number of amides is 1. The molecule has 0 atom stereocenters. The average molecular weight is 288 g/mol. The van der Waals surface area contributed by atoms with Crippen LogP contribution < -0.4 is 16.6 Å². The number of nitrogens with zero attached hydrogens (tertiary/aromatic N) is 2. The lowest BCUT2D eigenvalue weighted by molar-refractivity contribution is 0.102. The highest BCUT2D eigenvalue weighted by molar-refractivity contribution is 6.31. The first-order valence-electron chi connectivity index (χ1n) is 5.58. The number of anilines is 2. The molecular formula is C13H10ClN5O. The minimum Gasteiger partial charge on any atom is -0.319 e. The SMILES string of the molecule is N#Cc1ccc(Cl)cc1NC(=O)c1cccc(NN)n1. The smallest absolute Gasteiger partial charge is 0.274 e. The van der Waals surface area contributed by atoms with Crippen LogP contribution in [0.4, 0.5) is 11.5 Å². The van der Waals surface area contributed by atoms with Crippen molar-refractivity contribution in [2.24, 2.45) is 5.84 Å². The number of nitrogens with one attached hydrogen (secondary N) is 2. The molecule has 0 spiro atoms. The van der Waals surface area contributed by atoms with Crippen molar-refractivity contribution in [1.29, 1.82) is 5.26 Å². The topological polar surface area (TPSA) is 104 Å². The van der Waals surface area contributed by atoms with Gasteiger partial charge >= 0.3 is 0 Å². The van der Waals surface area contributed by atoms with Gasteiger partial charge in [-0.15, -0.1) is 0 Å². The standard InChI is InChI=1S/C13H10ClN5O/c14-9-5-4-8(7-15)11(6-9)18-13(20)10-2-1-3-12(17-10)19-16/h1-6H,16H2,(H,17,19)(H,18,20). The predicted molar refractivity (Wildman–Crippen MR) is 76.2 cm³/mol. The van der Waals surface area contributed by atoms with Crippen LogP contribution in [-0.2, 0) is 0 Å². The van der Waals surface area contributed by atoms with Crippen molar-refractivity contribution in [2.45, 2.75) is 0 Å². The second-order valence-corrected chi connectivity index (χ2v) is 4.24. The highest BCUT2D eigenvalue weighted by Crippen LogP contribution is 2.21. The van der Waals surface area contributed by atoms with Crippen LogP contribution in [0.1, 0.15) is 16.1 Å². The summed E-state index contributed by atoms with van der Waals surface area (Å²) in [5.74, 6) is 5.14. The monoisotopic (exact) mass is 287 g/mol. The Labute approximate surface area is 120 Å². The number of rotatable bonds is 3. The van der Waals surface area contributed by atoms with Gasteiger partial charge < -0.3 is 10.7 Å². The number of hydrazine groups is 1. The minimum absolute atomic E-state index is 0.171. The number of hydrogen-bond acceptors (Lipinski definition) is 5. The summed E-state index contributed by atoms with van der Waals surface area (Å²) < 4.78 is 0. The molecule has 0 aliphatic rings. The molecule has 1 heterocycles. The average Bonchev–Trinajstić information content (AvgIpc) is 2.47. The number of pyridine rings is 1. The van der Waals surface area contributed by atoms with Crippen molar-refractivity contribution >= 4 is 29.0 Å². The third-order valence-electron chi connectivity index (χ3n) is 2.48. The van der Waals surface area contributed by atoms with Crippen LogP contribution in [0, 0.1) is 11.3 Å². The summed E-state index contributed by atoms with van der Waals surface area (Å²) in [6, 6.07) is 11.4. The molecule has 7 heteroatoms. The molecule has 1 aromatic heterocycles. The number of aromatic nitrogens is 1. The molecular weight excluding hydrogens is 278 g/mol. The van der Waals surface area contributed by atoms with E-state index in [1.54, 1.807) is 18.2 Å². The summed E-state index contributed by atoms with van der Waals surface area (Å²) in [6.07, 6.45) is 0. The van der Waals surface area contributed by atoms with Gasteiger partial charge in [-0.2, -0.15) is 5.26 Å². The second-order valence-electron chi connectivity index (χ2n) is 3.81. The van der Waals surface area contributed by atoms with E-state index < -0.39 is 5.91 Å². The Morgan fingerprint density at radius 3 is 2.85 bits per heavy atom. The normalized spacial score (nSPS) is 9.65. The van der Waals surface area contributed by atoms with Gasteiger partial charge in [0.15, 0.2) is 0 Å². The Bertz CT molecular complexity index is 695. The van der Waals surface area contributed by atoms with Crippen molar-refractivity contribution < 1.29 is 4.79 Å². The predicted octanol–water partition coefficient (Wildman–Crippen LogP) is 2.14. The number of halogens is 1. The van der Waals surface area contributed by atoms with Gasteiger partial charge in [0, 0.05) is 5.02 Å². The van der Waals surface area contributed by atoms with Gasteiger partial charge in [-0.05, 0) is 30.3 Å². The number of nitrogen functional groups attached to an aromatic ring is 1. The van der Waals surface area contributed by atoms with Crippen LogP contribution in [0.5, 0.6) is 0 Å². The number of hydrogen-bond donors (Lipinski definition) is 3. The van der Waals surface area contributed by atoms with E-state index in [0.29, 0.717) is 22.1 Å². The second kappa shape index (κ2) is 6.02. The number of nitriles is 1. The summed E-state index contributed by atoms with van der Waals surface area (Å²) in [5, 5.41) is 12.0. The van der Waals surface area contributed by atoms with Gasteiger partial charge in [-0.1, -0.05) is 17.7 Å². The van der Waals surface area contributed by atoms with Crippen molar-refractivity contribution in [3.05, 3.63) is 52.7 Å². The van der Waals surface area contributed by atoms with E-state index in [4.69, 9.17) is 22.7 Å². The molecule has 100 valence electrons. The molecule has 0 aliphatic heterocycles. The number of carbonyl (C=O) groups excluding carboxylic acids is 1. The molecule has 1 amide bonds. The van der Waals surface area contributed by atoms with Crippen molar-refractivity contribution in [2.75, 3.05) is 10.7 Å². The van der Waals surface area contributed by atoms with Crippen LogP contribution in [0.25, 0.3) is 0 Å². The Morgan fingerprint density at radius 1 is 1.35 bits per heavy atom. The summed E-state index contributed by atoms with van der Waals surface area (Å²) in [7, 11) is 0. The largest absolute Gasteiger partial charge is 0.319 e. The Morgan fingerprint density at radius 2 is 2.15 bits per heavy atom. The molecule has 1 aromatic carbocycles. The molecule has 0 aliphatic carbocycles. The highest BCUT2D eigenvalue weighted by Gasteiger charge is 2.11.